The maximum Gasteiger partial charge on any atom is 0.311 e. The summed E-state index contributed by atoms with van der Waals surface area (Å²) in [5, 5.41) is 0. The van der Waals surface area contributed by atoms with Crippen molar-refractivity contribution in [3.63, 3.8) is 0 Å². The van der Waals surface area contributed by atoms with E-state index in [2.05, 4.69) is 45.9 Å². The number of benzene rings is 2. The number of hydrogen-bond acceptors (Lipinski definition) is 6. The Kier molecular flexibility index (Phi) is 11.2. The summed E-state index contributed by atoms with van der Waals surface area (Å²) in [7, 11) is 0. The molecule has 2 saturated carbocycles. The van der Waals surface area contributed by atoms with Crippen LogP contribution < -0.4 is 9.47 Å². The standard InChI is InChI=1S/C48H60N2O4/c1-3-27-49-29-25-47-23-13-11-15-39(47)43(49)31-35-19-21-37(33-41(35)47)53-45(51)17-9-7-5-6-8-10-18-46(52)54-38-22-20-36-32-44-40-16-12-14-24-48(40,42(36)34-38)26-30-50(44)28-4-2/h1-2,19-22,33-34,39-40,43-44H,5-18,23-32H2. The molecule has 0 spiro atoms. The van der Waals surface area contributed by atoms with Crippen LogP contribution in [-0.2, 0) is 33.3 Å². The Morgan fingerprint density at radius 3 is 1.52 bits per heavy atom. The third-order valence-electron chi connectivity index (χ3n) is 14.9. The van der Waals surface area contributed by atoms with E-state index in [1.54, 1.807) is 0 Å². The lowest BCUT2D eigenvalue weighted by Crippen LogP contribution is -2.60. The summed E-state index contributed by atoms with van der Waals surface area (Å²) in [6.45, 7) is 3.60. The zero-order chi connectivity index (χ0) is 37.1. The molecule has 6 unspecified atom stereocenters. The lowest BCUT2D eigenvalue weighted by atomic mass is 9.52. The molecule has 6 heteroatoms. The monoisotopic (exact) mass is 728 g/mol. The number of fused-ring (bicyclic) bond motifs is 2. The fraction of sp³-hybridized carbons (Fsp3) is 0.625. The van der Waals surface area contributed by atoms with Crippen molar-refractivity contribution in [3.8, 4) is 36.2 Å². The Bertz CT molecular complexity index is 1660. The molecule has 54 heavy (non-hydrogen) atoms. The van der Waals surface area contributed by atoms with Gasteiger partial charge in [0.05, 0.1) is 13.1 Å². The van der Waals surface area contributed by atoms with Crippen LogP contribution in [0.15, 0.2) is 36.4 Å². The van der Waals surface area contributed by atoms with E-state index in [0.29, 0.717) is 48.3 Å². The van der Waals surface area contributed by atoms with Gasteiger partial charge in [-0.2, -0.15) is 0 Å². The van der Waals surface area contributed by atoms with Gasteiger partial charge < -0.3 is 9.47 Å². The van der Waals surface area contributed by atoms with Crippen molar-refractivity contribution >= 4 is 11.9 Å². The molecule has 0 aromatic heterocycles. The first-order chi connectivity index (χ1) is 26.4. The molecule has 0 radical (unpaired) electrons. The van der Waals surface area contributed by atoms with Crippen LogP contribution in [0.3, 0.4) is 0 Å². The van der Waals surface area contributed by atoms with Crippen LogP contribution in [0.2, 0.25) is 0 Å². The molecule has 6 aliphatic rings. The molecule has 8 rings (SSSR count). The van der Waals surface area contributed by atoms with Crippen molar-refractivity contribution in [3.05, 3.63) is 58.7 Å². The number of esters is 2. The van der Waals surface area contributed by atoms with Crippen LogP contribution >= 0.6 is 0 Å². The van der Waals surface area contributed by atoms with Gasteiger partial charge in [-0.15, -0.1) is 12.8 Å². The molecule has 2 aromatic carbocycles. The molecule has 4 aliphatic carbocycles. The Labute approximate surface area is 324 Å². The van der Waals surface area contributed by atoms with Gasteiger partial charge in [0.25, 0.3) is 0 Å². The van der Waals surface area contributed by atoms with Gasteiger partial charge in [0, 0.05) is 48.8 Å². The van der Waals surface area contributed by atoms with Crippen LogP contribution in [0, 0.1) is 36.5 Å². The Hall–Kier alpha value is -3.58. The molecule has 6 atom stereocenters. The average molecular weight is 729 g/mol. The van der Waals surface area contributed by atoms with Gasteiger partial charge >= 0.3 is 11.9 Å². The third kappa shape index (κ3) is 7.15. The van der Waals surface area contributed by atoms with E-state index in [9.17, 15) is 9.59 Å². The molecule has 0 amide bonds. The number of hydrogen-bond donors (Lipinski definition) is 0. The number of rotatable bonds is 13. The summed E-state index contributed by atoms with van der Waals surface area (Å²) in [6, 6.07) is 13.9. The molecule has 2 heterocycles. The molecule has 6 nitrogen and oxygen atoms in total. The molecule has 2 aliphatic heterocycles. The minimum absolute atomic E-state index is 0.136. The number of carbonyl (C=O) groups excluding carboxylic acids is 2. The summed E-state index contributed by atoms with van der Waals surface area (Å²) >= 11 is 0. The van der Waals surface area contributed by atoms with Gasteiger partial charge in [-0.1, -0.05) is 75.3 Å². The fourth-order valence-electron chi connectivity index (χ4n) is 12.5. The molecule has 2 aromatic rings. The zero-order valence-corrected chi connectivity index (χ0v) is 32.4. The predicted molar refractivity (Wildman–Crippen MR) is 213 cm³/mol. The highest BCUT2D eigenvalue weighted by Gasteiger charge is 2.55. The van der Waals surface area contributed by atoms with E-state index < -0.39 is 0 Å². The number of unbranched alkanes of at least 4 members (excludes halogenated alkanes) is 5. The summed E-state index contributed by atoms with van der Waals surface area (Å²) < 4.78 is 11.9. The van der Waals surface area contributed by atoms with E-state index in [1.807, 2.05) is 12.1 Å². The molecule has 4 fully saturated rings. The zero-order valence-electron chi connectivity index (χ0n) is 32.4. The molecular formula is C48H60N2O4. The van der Waals surface area contributed by atoms with Gasteiger partial charge in [0.15, 0.2) is 0 Å². The number of terminal acetylenes is 2. The van der Waals surface area contributed by atoms with Crippen molar-refractivity contribution in [1.29, 1.82) is 0 Å². The second-order valence-corrected chi connectivity index (χ2v) is 17.6. The minimum Gasteiger partial charge on any atom is -0.427 e. The number of ether oxygens (including phenoxy) is 2. The van der Waals surface area contributed by atoms with Crippen LogP contribution in [0.4, 0.5) is 0 Å². The number of piperidine rings is 2. The van der Waals surface area contributed by atoms with Crippen molar-refractivity contribution in [2.45, 2.75) is 151 Å². The van der Waals surface area contributed by atoms with E-state index in [1.165, 1.54) is 73.6 Å². The summed E-state index contributed by atoms with van der Waals surface area (Å²) in [4.78, 5) is 30.8. The Balaban J connectivity index is 0.754. The first-order valence-corrected chi connectivity index (χ1v) is 21.5. The Morgan fingerprint density at radius 1 is 0.630 bits per heavy atom. The van der Waals surface area contributed by atoms with Crippen molar-refractivity contribution in [2.24, 2.45) is 11.8 Å². The summed E-state index contributed by atoms with van der Waals surface area (Å²) in [6.07, 6.45) is 32.6. The van der Waals surface area contributed by atoms with Gasteiger partial charge in [0.1, 0.15) is 11.5 Å². The highest BCUT2D eigenvalue weighted by molar-refractivity contribution is 5.73. The lowest BCUT2D eigenvalue weighted by Gasteiger charge is -2.59. The molecular weight excluding hydrogens is 669 g/mol. The van der Waals surface area contributed by atoms with Crippen molar-refractivity contribution in [2.75, 3.05) is 26.2 Å². The molecule has 0 N–H and O–H groups in total. The lowest BCUT2D eigenvalue weighted by molar-refractivity contribution is -0.135. The van der Waals surface area contributed by atoms with Gasteiger partial charge in [0.2, 0.25) is 0 Å². The third-order valence-corrected chi connectivity index (χ3v) is 14.9. The van der Waals surface area contributed by atoms with Crippen LogP contribution in [0.1, 0.15) is 138 Å². The van der Waals surface area contributed by atoms with Crippen LogP contribution in [0.5, 0.6) is 11.5 Å². The number of likely N-dealkylation sites (tertiary alicyclic amines) is 2. The van der Waals surface area contributed by atoms with Crippen molar-refractivity contribution in [1.82, 2.24) is 9.80 Å². The minimum atomic E-state index is -0.136. The number of carbonyl (C=O) groups is 2. The molecule has 2 saturated heterocycles. The van der Waals surface area contributed by atoms with Gasteiger partial charge in [-0.3, -0.25) is 19.4 Å². The average Bonchev–Trinajstić information content (AvgIpc) is 3.18. The van der Waals surface area contributed by atoms with Crippen LogP contribution in [-0.4, -0.2) is 60.0 Å². The first-order valence-electron chi connectivity index (χ1n) is 21.5. The highest BCUT2D eigenvalue weighted by atomic mass is 16.5. The largest absolute Gasteiger partial charge is 0.427 e. The SMILES string of the molecule is C#CCN1CCC23CCCCC2C1Cc1ccc(OC(=O)CCCCCCCCC(=O)Oc2ccc4c(c2)C25CCCCC2C(C4)N(CC#C)CC5)cc13. The smallest absolute Gasteiger partial charge is 0.311 e. The summed E-state index contributed by atoms with van der Waals surface area (Å²) in [5.41, 5.74) is 6.11. The van der Waals surface area contributed by atoms with Crippen molar-refractivity contribution < 1.29 is 19.1 Å². The Morgan fingerprint density at radius 2 is 1.07 bits per heavy atom. The normalized spacial score (nSPS) is 29.7. The molecule has 286 valence electrons. The van der Waals surface area contributed by atoms with Gasteiger partial charge in [-0.25, -0.2) is 0 Å². The maximum absolute atomic E-state index is 12.9. The molecule has 4 bridgehead atoms. The topological polar surface area (TPSA) is 59.1 Å². The second kappa shape index (κ2) is 16.3. The fourth-order valence-corrected chi connectivity index (χ4v) is 12.5. The quantitative estimate of drug-likeness (QED) is 0.0891. The predicted octanol–water partition coefficient (Wildman–Crippen LogP) is 8.70. The van der Waals surface area contributed by atoms with Gasteiger partial charge in [-0.05, 0) is 123 Å². The summed E-state index contributed by atoms with van der Waals surface area (Å²) in [5.74, 6) is 8.23. The van der Waals surface area contributed by atoms with E-state index >= 15 is 0 Å². The second-order valence-electron chi connectivity index (χ2n) is 17.6. The maximum atomic E-state index is 12.9. The van der Waals surface area contributed by atoms with E-state index in [0.717, 1.165) is 90.4 Å². The van der Waals surface area contributed by atoms with E-state index in [-0.39, 0.29) is 22.8 Å². The first kappa shape index (κ1) is 37.3. The number of nitrogens with zero attached hydrogens (tertiary/aromatic N) is 2. The van der Waals surface area contributed by atoms with Crippen LogP contribution in [0.25, 0.3) is 0 Å². The van der Waals surface area contributed by atoms with E-state index in [4.69, 9.17) is 22.3 Å². The highest BCUT2D eigenvalue weighted by Crippen LogP contribution is 2.57.